The second kappa shape index (κ2) is 7.67. The lowest BCUT2D eigenvalue weighted by molar-refractivity contribution is 0.102. The highest BCUT2D eigenvalue weighted by Crippen LogP contribution is 2.25. The van der Waals surface area contributed by atoms with Crippen molar-refractivity contribution in [2.75, 3.05) is 19.5 Å². The molecule has 0 saturated carbocycles. The lowest BCUT2D eigenvalue weighted by Gasteiger charge is -2.12. The third-order valence-electron chi connectivity index (χ3n) is 3.82. The summed E-state index contributed by atoms with van der Waals surface area (Å²) in [7, 11) is -1.06. The lowest BCUT2D eigenvalue weighted by Crippen LogP contribution is -2.20. The first-order valence-corrected chi connectivity index (χ1v) is 9.29. The van der Waals surface area contributed by atoms with Gasteiger partial charge in [-0.2, -0.15) is 0 Å². The average Bonchev–Trinajstić information content (AvgIpc) is 2.61. The molecule has 0 radical (unpaired) electrons. The van der Waals surface area contributed by atoms with Crippen molar-refractivity contribution in [3.8, 4) is 5.75 Å². The van der Waals surface area contributed by atoms with Crippen molar-refractivity contribution >= 4 is 21.6 Å². The van der Waals surface area contributed by atoms with Crippen LogP contribution in [0.1, 0.15) is 35.7 Å². The molecule has 1 amide bonds. The van der Waals surface area contributed by atoms with Crippen LogP contribution in [0.15, 0.2) is 47.4 Å². The smallest absolute Gasteiger partial charge is 0.255 e. The van der Waals surface area contributed by atoms with E-state index in [0.717, 1.165) is 0 Å². The Morgan fingerprint density at radius 3 is 2.24 bits per heavy atom. The van der Waals surface area contributed by atoms with Gasteiger partial charge in [0, 0.05) is 11.3 Å². The van der Waals surface area contributed by atoms with Gasteiger partial charge in [0.2, 0.25) is 10.0 Å². The Labute approximate surface area is 148 Å². The molecule has 6 nitrogen and oxygen atoms in total. The van der Waals surface area contributed by atoms with Gasteiger partial charge < -0.3 is 10.1 Å². The molecule has 0 aromatic heterocycles. The number of carbonyl (C=O) groups excluding carboxylic acids is 1. The highest BCUT2D eigenvalue weighted by atomic mass is 32.2. The number of hydrogen-bond acceptors (Lipinski definition) is 4. The third kappa shape index (κ3) is 4.37. The Morgan fingerprint density at radius 2 is 1.72 bits per heavy atom. The number of ether oxygens (including phenoxy) is 1. The van der Waals surface area contributed by atoms with Crippen LogP contribution in [0.25, 0.3) is 0 Å². The van der Waals surface area contributed by atoms with Crippen LogP contribution >= 0.6 is 0 Å². The molecule has 0 heterocycles. The molecule has 0 unspecified atom stereocenters. The molecule has 2 aromatic carbocycles. The van der Waals surface area contributed by atoms with Crippen molar-refractivity contribution in [2.45, 2.75) is 24.7 Å². The Bertz CT molecular complexity index is 859. The minimum atomic E-state index is -3.74. The number of hydrogen-bond donors (Lipinski definition) is 2. The molecule has 0 aliphatic carbocycles. The summed E-state index contributed by atoms with van der Waals surface area (Å²) in [5.74, 6) is 0.181. The first-order valence-electron chi connectivity index (χ1n) is 7.81. The minimum Gasteiger partial charge on any atom is -0.495 e. The van der Waals surface area contributed by atoms with Gasteiger partial charge in [0.15, 0.2) is 0 Å². The summed E-state index contributed by atoms with van der Waals surface area (Å²) in [4.78, 5) is 12.3. The fraction of sp³-hybridized carbons (Fsp3) is 0.278. The zero-order valence-electron chi connectivity index (χ0n) is 14.7. The monoisotopic (exact) mass is 362 g/mol. The summed E-state index contributed by atoms with van der Waals surface area (Å²) < 4.78 is 31.5. The molecule has 0 bridgehead atoms. The molecular weight excluding hydrogens is 340 g/mol. The van der Waals surface area contributed by atoms with Gasteiger partial charge in [-0.1, -0.05) is 26.0 Å². The summed E-state index contributed by atoms with van der Waals surface area (Å²) in [6, 6.07) is 11.8. The maximum atomic E-state index is 12.4. The van der Waals surface area contributed by atoms with E-state index in [1.807, 2.05) is 24.3 Å². The standard InChI is InChI=1S/C18H22N2O4S/c1-12(2)13-5-8-15(9-6-13)20-18(21)14-7-10-16(24-4)17(11-14)25(22,23)19-3/h5-12,19H,1-4H3,(H,20,21). The summed E-state index contributed by atoms with van der Waals surface area (Å²) >= 11 is 0. The molecule has 0 aliphatic rings. The molecule has 0 fully saturated rings. The van der Waals surface area contributed by atoms with Crippen molar-refractivity contribution in [2.24, 2.45) is 0 Å². The highest BCUT2D eigenvalue weighted by molar-refractivity contribution is 7.89. The fourth-order valence-corrected chi connectivity index (χ4v) is 3.21. The van der Waals surface area contributed by atoms with Crippen LogP contribution in [0.4, 0.5) is 5.69 Å². The quantitative estimate of drug-likeness (QED) is 0.827. The van der Waals surface area contributed by atoms with Crippen molar-refractivity contribution in [1.82, 2.24) is 4.72 Å². The van der Waals surface area contributed by atoms with E-state index in [4.69, 9.17) is 4.74 Å². The van der Waals surface area contributed by atoms with Gasteiger partial charge in [0.25, 0.3) is 5.91 Å². The SMILES string of the molecule is CNS(=O)(=O)c1cc(C(=O)Nc2ccc(C(C)C)cc2)ccc1OC. The van der Waals surface area contributed by atoms with Crippen LogP contribution < -0.4 is 14.8 Å². The van der Waals surface area contributed by atoms with E-state index >= 15 is 0 Å². The number of carbonyl (C=O) groups is 1. The van der Waals surface area contributed by atoms with E-state index in [0.29, 0.717) is 11.6 Å². The van der Waals surface area contributed by atoms with Crippen molar-refractivity contribution in [1.29, 1.82) is 0 Å². The van der Waals surface area contributed by atoms with Gasteiger partial charge in [-0.3, -0.25) is 4.79 Å². The Kier molecular flexibility index (Phi) is 5.81. The van der Waals surface area contributed by atoms with Crippen LogP contribution in [0, 0.1) is 0 Å². The van der Waals surface area contributed by atoms with Gasteiger partial charge in [-0.25, -0.2) is 13.1 Å². The molecule has 0 spiro atoms. The average molecular weight is 362 g/mol. The minimum absolute atomic E-state index is 0.0831. The van der Waals surface area contributed by atoms with Crippen molar-refractivity contribution < 1.29 is 17.9 Å². The summed E-state index contributed by atoms with van der Waals surface area (Å²) in [6.45, 7) is 4.18. The molecule has 134 valence electrons. The van der Waals surface area contributed by atoms with E-state index in [2.05, 4.69) is 23.9 Å². The van der Waals surface area contributed by atoms with Gasteiger partial charge in [-0.05, 0) is 48.9 Å². The second-order valence-electron chi connectivity index (χ2n) is 5.80. The molecule has 2 aromatic rings. The number of amides is 1. The number of benzene rings is 2. The number of nitrogens with one attached hydrogen (secondary N) is 2. The Balaban J connectivity index is 2.29. The molecule has 7 heteroatoms. The van der Waals surface area contributed by atoms with Crippen LogP contribution in [0.3, 0.4) is 0 Å². The largest absolute Gasteiger partial charge is 0.495 e. The zero-order valence-corrected chi connectivity index (χ0v) is 15.5. The summed E-state index contributed by atoms with van der Waals surface area (Å²) in [5, 5.41) is 2.76. The first-order chi connectivity index (χ1) is 11.8. The van der Waals surface area contributed by atoms with Gasteiger partial charge in [0.05, 0.1) is 7.11 Å². The second-order valence-corrected chi connectivity index (χ2v) is 7.66. The predicted octanol–water partition coefficient (Wildman–Crippen LogP) is 2.98. The zero-order chi connectivity index (χ0) is 18.6. The molecule has 0 atom stereocenters. The van der Waals surface area contributed by atoms with Gasteiger partial charge >= 0.3 is 0 Å². The number of sulfonamides is 1. The van der Waals surface area contributed by atoms with Gasteiger partial charge in [-0.15, -0.1) is 0 Å². The third-order valence-corrected chi connectivity index (χ3v) is 5.25. The molecule has 2 N–H and O–H groups in total. The van der Waals surface area contributed by atoms with Crippen molar-refractivity contribution in [3.63, 3.8) is 0 Å². The van der Waals surface area contributed by atoms with E-state index in [1.165, 1.54) is 37.9 Å². The van der Waals surface area contributed by atoms with Crippen LogP contribution in [0.2, 0.25) is 0 Å². The summed E-state index contributed by atoms with van der Waals surface area (Å²) in [6.07, 6.45) is 0. The normalized spacial score (nSPS) is 11.4. The topological polar surface area (TPSA) is 84.5 Å². The maximum Gasteiger partial charge on any atom is 0.255 e. The highest BCUT2D eigenvalue weighted by Gasteiger charge is 2.20. The molecule has 2 rings (SSSR count). The number of methoxy groups -OCH3 is 1. The Morgan fingerprint density at radius 1 is 1.08 bits per heavy atom. The molecule has 0 aliphatic heterocycles. The number of anilines is 1. The first kappa shape index (κ1) is 19.0. The Hall–Kier alpha value is -2.38. The van der Waals surface area contributed by atoms with E-state index in [-0.39, 0.29) is 16.2 Å². The molecule has 25 heavy (non-hydrogen) atoms. The van der Waals surface area contributed by atoms with Gasteiger partial charge in [0.1, 0.15) is 10.6 Å². The van der Waals surface area contributed by atoms with Crippen LogP contribution in [-0.4, -0.2) is 28.5 Å². The lowest BCUT2D eigenvalue weighted by atomic mass is 10.0. The van der Waals surface area contributed by atoms with E-state index in [1.54, 1.807) is 0 Å². The molecule has 0 saturated heterocycles. The fourth-order valence-electron chi connectivity index (χ4n) is 2.29. The van der Waals surface area contributed by atoms with Crippen LogP contribution in [-0.2, 0) is 10.0 Å². The maximum absolute atomic E-state index is 12.4. The van der Waals surface area contributed by atoms with E-state index < -0.39 is 15.9 Å². The van der Waals surface area contributed by atoms with E-state index in [9.17, 15) is 13.2 Å². The predicted molar refractivity (Wildman–Crippen MR) is 97.7 cm³/mol. The van der Waals surface area contributed by atoms with Crippen LogP contribution in [0.5, 0.6) is 5.75 Å². The van der Waals surface area contributed by atoms with Crippen molar-refractivity contribution in [3.05, 3.63) is 53.6 Å². The molecular formula is C18H22N2O4S. The number of rotatable bonds is 6. The summed E-state index contributed by atoms with van der Waals surface area (Å²) in [5.41, 5.74) is 2.04.